The number of ether oxygens (including phenoxy) is 1. The van der Waals surface area contributed by atoms with Gasteiger partial charge in [-0.25, -0.2) is 4.79 Å². The lowest BCUT2D eigenvalue weighted by Crippen LogP contribution is -2.40. The number of aromatic amines is 1. The predicted octanol–water partition coefficient (Wildman–Crippen LogP) is 3.04. The highest BCUT2D eigenvalue weighted by molar-refractivity contribution is 5.97. The Morgan fingerprint density at radius 2 is 2.12 bits per heavy atom. The van der Waals surface area contributed by atoms with Crippen LogP contribution in [0.1, 0.15) is 24.1 Å². The Hall–Kier alpha value is -3.06. The Kier molecular flexibility index (Phi) is 4.22. The number of aromatic nitrogens is 2. The third kappa shape index (κ3) is 2.86. The molecule has 0 fully saturated rings. The molecule has 3 N–H and O–H groups in total. The summed E-state index contributed by atoms with van der Waals surface area (Å²) in [5, 5.41) is 19.8. The largest absolute Gasteiger partial charge is 0.474 e. The molecule has 7 nitrogen and oxygen atoms in total. The molecule has 0 saturated heterocycles. The van der Waals surface area contributed by atoms with Crippen molar-refractivity contribution in [1.29, 1.82) is 0 Å². The van der Waals surface area contributed by atoms with Crippen molar-refractivity contribution in [2.24, 2.45) is 0 Å². The van der Waals surface area contributed by atoms with Crippen molar-refractivity contribution in [3.8, 4) is 5.88 Å². The van der Waals surface area contributed by atoms with Gasteiger partial charge in [0.25, 0.3) is 0 Å². The summed E-state index contributed by atoms with van der Waals surface area (Å²) in [6.45, 7) is 2.63. The molecule has 1 aromatic heterocycles. The summed E-state index contributed by atoms with van der Waals surface area (Å²) < 4.78 is 5.47. The molecule has 0 spiro atoms. The van der Waals surface area contributed by atoms with Crippen molar-refractivity contribution in [3.63, 3.8) is 0 Å². The van der Waals surface area contributed by atoms with Gasteiger partial charge < -0.3 is 20.1 Å². The number of aliphatic hydroxyl groups is 1. The Bertz CT molecular complexity index is 939. The summed E-state index contributed by atoms with van der Waals surface area (Å²) in [6.07, 6.45) is 0. The molecule has 0 aliphatic carbocycles. The quantitative estimate of drug-likeness (QED) is 0.658. The average Bonchev–Trinajstić information content (AvgIpc) is 3.06. The number of fused-ring (bicyclic) bond motifs is 2. The zero-order valence-electron chi connectivity index (χ0n) is 14.4. The summed E-state index contributed by atoms with van der Waals surface area (Å²) in [5.74, 6) is 0.455. The highest BCUT2D eigenvalue weighted by Gasteiger charge is 2.28. The number of nitrogens with zero attached hydrogens (tertiary/aromatic N) is 2. The summed E-state index contributed by atoms with van der Waals surface area (Å²) in [7, 11) is 0. The first-order chi connectivity index (χ1) is 12.7. The smallest absolute Gasteiger partial charge is 0.322 e. The highest BCUT2D eigenvalue weighted by atomic mass is 16.5. The van der Waals surface area contributed by atoms with E-state index >= 15 is 0 Å². The van der Waals surface area contributed by atoms with E-state index in [0.717, 1.165) is 27.7 Å². The maximum absolute atomic E-state index is 12.6. The fourth-order valence-electron chi connectivity index (χ4n) is 3.25. The number of amides is 2. The van der Waals surface area contributed by atoms with Gasteiger partial charge in [-0.05, 0) is 30.2 Å². The van der Waals surface area contributed by atoms with E-state index in [1.54, 1.807) is 4.90 Å². The predicted molar refractivity (Wildman–Crippen MR) is 98.1 cm³/mol. The summed E-state index contributed by atoms with van der Waals surface area (Å²) in [5.41, 5.74) is 3.63. The Morgan fingerprint density at radius 1 is 1.31 bits per heavy atom. The molecule has 1 unspecified atom stereocenters. The molecular weight excluding hydrogens is 332 g/mol. The first kappa shape index (κ1) is 16.4. The van der Waals surface area contributed by atoms with E-state index in [0.29, 0.717) is 12.4 Å². The third-order valence-corrected chi connectivity index (χ3v) is 4.67. The van der Waals surface area contributed by atoms with Crippen LogP contribution in [0.4, 0.5) is 10.5 Å². The molecule has 0 bridgehead atoms. The van der Waals surface area contributed by atoms with Crippen LogP contribution in [-0.2, 0) is 6.54 Å². The Morgan fingerprint density at radius 3 is 2.88 bits per heavy atom. The van der Waals surface area contributed by atoms with E-state index in [9.17, 15) is 4.79 Å². The fourth-order valence-corrected chi connectivity index (χ4v) is 3.25. The SMILES string of the molecule is CC(c1ccccc1)N1Cc2cc3c(OCCO)n[nH]c3cc2NC1=O. The van der Waals surface area contributed by atoms with Crippen molar-refractivity contribution in [2.45, 2.75) is 19.5 Å². The first-order valence-corrected chi connectivity index (χ1v) is 8.54. The number of anilines is 1. The molecule has 134 valence electrons. The van der Waals surface area contributed by atoms with E-state index in [4.69, 9.17) is 9.84 Å². The van der Waals surface area contributed by atoms with Gasteiger partial charge in [-0.2, -0.15) is 0 Å². The molecule has 7 heteroatoms. The molecule has 0 saturated carbocycles. The average molecular weight is 352 g/mol. The lowest BCUT2D eigenvalue weighted by molar-refractivity contribution is 0.186. The van der Waals surface area contributed by atoms with Gasteiger partial charge in [0.1, 0.15) is 6.61 Å². The van der Waals surface area contributed by atoms with E-state index in [1.807, 2.05) is 49.4 Å². The number of H-pyrrole nitrogens is 1. The van der Waals surface area contributed by atoms with Crippen LogP contribution in [0.3, 0.4) is 0 Å². The van der Waals surface area contributed by atoms with Crippen molar-refractivity contribution < 1.29 is 14.6 Å². The summed E-state index contributed by atoms with van der Waals surface area (Å²) in [4.78, 5) is 14.4. The van der Waals surface area contributed by atoms with Crippen LogP contribution in [0, 0.1) is 0 Å². The molecule has 1 atom stereocenters. The topological polar surface area (TPSA) is 90.5 Å². The maximum Gasteiger partial charge on any atom is 0.322 e. The summed E-state index contributed by atoms with van der Waals surface area (Å²) >= 11 is 0. The molecule has 26 heavy (non-hydrogen) atoms. The second-order valence-electron chi connectivity index (χ2n) is 6.30. The minimum atomic E-state index is -0.121. The monoisotopic (exact) mass is 352 g/mol. The second kappa shape index (κ2) is 6.68. The van der Waals surface area contributed by atoms with Crippen molar-refractivity contribution in [2.75, 3.05) is 18.5 Å². The van der Waals surface area contributed by atoms with Crippen molar-refractivity contribution >= 4 is 22.6 Å². The number of carbonyl (C=O) groups is 1. The van der Waals surface area contributed by atoms with Crippen LogP contribution < -0.4 is 10.1 Å². The maximum atomic E-state index is 12.6. The Balaban J connectivity index is 1.66. The minimum absolute atomic E-state index is 0.0468. The van der Waals surface area contributed by atoms with Crippen LogP contribution in [0.25, 0.3) is 10.9 Å². The zero-order valence-corrected chi connectivity index (χ0v) is 14.4. The van der Waals surface area contributed by atoms with E-state index in [1.165, 1.54) is 0 Å². The van der Waals surface area contributed by atoms with E-state index in [2.05, 4.69) is 15.5 Å². The molecule has 0 radical (unpaired) electrons. The highest BCUT2D eigenvalue weighted by Crippen LogP contribution is 2.34. The van der Waals surface area contributed by atoms with Crippen molar-refractivity contribution in [3.05, 3.63) is 53.6 Å². The van der Waals surface area contributed by atoms with Gasteiger partial charge in [-0.3, -0.25) is 5.10 Å². The van der Waals surface area contributed by atoms with E-state index in [-0.39, 0.29) is 25.3 Å². The van der Waals surface area contributed by atoms with Gasteiger partial charge >= 0.3 is 6.03 Å². The van der Waals surface area contributed by atoms with Crippen LogP contribution in [-0.4, -0.2) is 39.4 Å². The minimum Gasteiger partial charge on any atom is -0.474 e. The normalized spacial score (nSPS) is 14.8. The number of rotatable bonds is 5. The summed E-state index contributed by atoms with van der Waals surface area (Å²) in [6, 6.07) is 13.6. The number of hydrogen-bond acceptors (Lipinski definition) is 4. The lowest BCUT2D eigenvalue weighted by atomic mass is 10.0. The fraction of sp³-hybridized carbons (Fsp3) is 0.263. The van der Waals surface area contributed by atoms with Gasteiger partial charge in [0.05, 0.1) is 30.1 Å². The number of nitrogens with one attached hydrogen (secondary N) is 2. The second-order valence-corrected chi connectivity index (χ2v) is 6.30. The molecule has 2 heterocycles. The van der Waals surface area contributed by atoms with Gasteiger partial charge in [0, 0.05) is 5.69 Å². The van der Waals surface area contributed by atoms with Gasteiger partial charge in [-0.15, -0.1) is 5.10 Å². The van der Waals surface area contributed by atoms with Gasteiger partial charge in [-0.1, -0.05) is 30.3 Å². The molecule has 3 aromatic rings. The Labute approximate surface area is 150 Å². The zero-order chi connectivity index (χ0) is 18.1. The van der Waals surface area contributed by atoms with Crippen LogP contribution in [0.2, 0.25) is 0 Å². The molecule has 1 aliphatic rings. The number of hydrogen-bond donors (Lipinski definition) is 3. The molecule has 2 amide bonds. The van der Waals surface area contributed by atoms with Crippen LogP contribution >= 0.6 is 0 Å². The number of aliphatic hydroxyl groups excluding tert-OH is 1. The van der Waals surface area contributed by atoms with Gasteiger partial charge in [0.15, 0.2) is 0 Å². The molecule has 4 rings (SSSR count). The standard InChI is InChI=1S/C19H20N4O3/c1-12(13-5-3-2-4-6-13)23-11-14-9-15-17(10-16(14)20-19(23)25)21-22-18(15)26-8-7-24/h2-6,9-10,12,24H,7-8,11H2,1H3,(H,20,25)(H,21,22). The first-order valence-electron chi connectivity index (χ1n) is 8.54. The molecular formula is C19H20N4O3. The number of urea groups is 1. The van der Waals surface area contributed by atoms with Gasteiger partial charge in [0.2, 0.25) is 5.88 Å². The van der Waals surface area contributed by atoms with Crippen LogP contribution in [0.5, 0.6) is 5.88 Å². The third-order valence-electron chi connectivity index (χ3n) is 4.67. The molecule has 1 aliphatic heterocycles. The number of carbonyl (C=O) groups excluding carboxylic acids is 1. The molecule has 2 aromatic carbocycles. The number of benzene rings is 2. The van der Waals surface area contributed by atoms with E-state index < -0.39 is 0 Å². The lowest BCUT2D eigenvalue weighted by Gasteiger charge is -2.34. The van der Waals surface area contributed by atoms with Crippen LogP contribution in [0.15, 0.2) is 42.5 Å². The van der Waals surface area contributed by atoms with Crippen molar-refractivity contribution in [1.82, 2.24) is 15.1 Å².